The largest absolute Gasteiger partial charge is 0.450 e. The summed E-state index contributed by atoms with van der Waals surface area (Å²) in [4.78, 5) is 24.2. The third kappa shape index (κ3) is 5.90. The van der Waals surface area contributed by atoms with E-state index in [4.69, 9.17) is 4.74 Å². The number of halogens is 1. The van der Waals surface area contributed by atoms with Crippen molar-refractivity contribution in [2.75, 3.05) is 11.9 Å². The summed E-state index contributed by atoms with van der Waals surface area (Å²) in [6.07, 6.45) is -0.429. The van der Waals surface area contributed by atoms with Gasteiger partial charge in [0.25, 0.3) is 0 Å². The van der Waals surface area contributed by atoms with Crippen LogP contribution >= 0.6 is 15.9 Å². The lowest BCUT2D eigenvalue weighted by molar-refractivity contribution is -0.116. The third-order valence-corrected chi connectivity index (χ3v) is 4.11. The van der Waals surface area contributed by atoms with E-state index in [1.54, 1.807) is 6.92 Å². The van der Waals surface area contributed by atoms with Crippen molar-refractivity contribution in [2.24, 2.45) is 0 Å². The maximum Gasteiger partial charge on any atom is 0.407 e. The zero-order valence-corrected chi connectivity index (χ0v) is 15.8. The Morgan fingerprint density at radius 2 is 1.88 bits per heavy atom. The van der Waals surface area contributed by atoms with Gasteiger partial charge in [0.05, 0.1) is 19.1 Å². The van der Waals surface area contributed by atoms with Crippen molar-refractivity contribution in [3.8, 4) is 0 Å². The van der Waals surface area contributed by atoms with E-state index in [1.807, 2.05) is 55.5 Å². The van der Waals surface area contributed by atoms with Crippen molar-refractivity contribution in [1.29, 1.82) is 0 Å². The van der Waals surface area contributed by atoms with Gasteiger partial charge in [-0.15, -0.1) is 0 Å². The topological polar surface area (TPSA) is 67.4 Å². The fraction of sp³-hybridized carbons (Fsp3) is 0.263. The highest BCUT2D eigenvalue weighted by atomic mass is 79.9. The second-order valence-electron chi connectivity index (χ2n) is 5.54. The number of hydrogen-bond acceptors (Lipinski definition) is 3. The SMILES string of the molecule is CCOC(=O)N[C@@H](CC(=O)Nc1ccc(Br)cc1C)c1ccccc1. The molecule has 0 saturated carbocycles. The standard InChI is InChI=1S/C19H21BrN2O3/c1-3-25-19(24)22-17(14-7-5-4-6-8-14)12-18(23)21-16-10-9-15(20)11-13(16)2/h4-11,17H,3,12H2,1-2H3,(H,21,23)(H,22,24)/t17-/m0/s1. The van der Waals surface area contributed by atoms with E-state index >= 15 is 0 Å². The summed E-state index contributed by atoms with van der Waals surface area (Å²) >= 11 is 3.40. The van der Waals surface area contributed by atoms with E-state index in [2.05, 4.69) is 26.6 Å². The van der Waals surface area contributed by atoms with Gasteiger partial charge in [-0.25, -0.2) is 4.79 Å². The molecule has 2 aromatic rings. The average Bonchev–Trinajstić information content (AvgIpc) is 2.58. The van der Waals surface area contributed by atoms with Crippen molar-refractivity contribution in [1.82, 2.24) is 5.32 Å². The Hall–Kier alpha value is -2.34. The molecule has 132 valence electrons. The Morgan fingerprint density at radius 1 is 1.16 bits per heavy atom. The number of alkyl carbamates (subject to hydrolysis) is 1. The first-order valence-electron chi connectivity index (χ1n) is 8.04. The van der Waals surface area contributed by atoms with Crippen LogP contribution < -0.4 is 10.6 Å². The van der Waals surface area contributed by atoms with Gasteiger partial charge in [0.1, 0.15) is 0 Å². The molecule has 0 aromatic heterocycles. The van der Waals surface area contributed by atoms with Gasteiger partial charge in [0.15, 0.2) is 0 Å². The first kappa shape index (κ1) is 19.0. The quantitative estimate of drug-likeness (QED) is 0.740. The van der Waals surface area contributed by atoms with Gasteiger partial charge in [-0.1, -0.05) is 46.3 Å². The van der Waals surface area contributed by atoms with Crippen LogP contribution in [0.5, 0.6) is 0 Å². The average molecular weight is 405 g/mol. The number of carbonyl (C=O) groups is 2. The lowest BCUT2D eigenvalue weighted by atomic mass is 10.0. The molecule has 2 aromatic carbocycles. The van der Waals surface area contributed by atoms with Crippen molar-refractivity contribution in [3.05, 3.63) is 64.1 Å². The molecule has 0 saturated heterocycles. The summed E-state index contributed by atoms with van der Waals surface area (Å²) in [5.74, 6) is -0.184. The predicted octanol–water partition coefficient (Wildman–Crippen LogP) is 4.57. The summed E-state index contributed by atoms with van der Waals surface area (Å²) in [6, 6.07) is 14.5. The molecule has 0 aliphatic carbocycles. The zero-order valence-electron chi connectivity index (χ0n) is 14.2. The number of carbonyl (C=O) groups excluding carboxylic acids is 2. The van der Waals surface area contributed by atoms with Gasteiger partial charge < -0.3 is 15.4 Å². The zero-order chi connectivity index (χ0) is 18.2. The molecule has 0 heterocycles. The van der Waals surface area contributed by atoms with Crippen molar-refractivity contribution in [3.63, 3.8) is 0 Å². The Kier molecular flexibility index (Phi) is 7.01. The Labute approximate surface area is 155 Å². The maximum atomic E-state index is 12.5. The van der Waals surface area contributed by atoms with Crippen LogP contribution in [0.15, 0.2) is 53.0 Å². The van der Waals surface area contributed by atoms with Gasteiger partial charge in [-0.3, -0.25) is 4.79 Å². The highest BCUT2D eigenvalue weighted by Crippen LogP contribution is 2.22. The van der Waals surface area contributed by atoms with Crippen molar-refractivity contribution in [2.45, 2.75) is 26.3 Å². The van der Waals surface area contributed by atoms with Crippen molar-refractivity contribution < 1.29 is 14.3 Å². The number of aryl methyl sites for hydroxylation is 1. The van der Waals surface area contributed by atoms with Crippen LogP contribution in [0, 0.1) is 6.92 Å². The number of benzene rings is 2. The monoisotopic (exact) mass is 404 g/mol. The highest BCUT2D eigenvalue weighted by Gasteiger charge is 2.19. The summed E-state index contributed by atoms with van der Waals surface area (Å²) in [5, 5.41) is 5.64. The summed E-state index contributed by atoms with van der Waals surface area (Å²) in [6.45, 7) is 3.93. The molecule has 6 heteroatoms. The minimum atomic E-state index is -0.538. The molecule has 25 heavy (non-hydrogen) atoms. The Balaban J connectivity index is 2.09. The van der Waals surface area contributed by atoms with Crippen LogP contribution in [0.1, 0.15) is 30.5 Å². The van der Waals surface area contributed by atoms with E-state index in [9.17, 15) is 9.59 Å². The maximum absolute atomic E-state index is 12.5. The van der Waals surface area contributed by atoms with Crippen LogP contribution in [0.4, 0.5) is 10.5 Å². The van der Waals surface area contributed by atoms with E-state index < -0.39 is 12.1 Å². The highest BCUT2D eigenvalue weighted by molar-refractivity contribution is 9.10. The molecular weight excluding hydrogens is 384 g/mol. The van der Waals surface area contributed by atoms with E-state index in [0.29, 0.717) is 0 Å². The second kappa shape index (κ2) is 9.22. The smallest absolute Gasteiger partial charge is 0.407 e. The van der Waals surface area contributed by atoms with Crippen LogP contribution in [0.2, 0.25) is 0 Å². The Bertz CT molecular complexity index is 735. The summed E-state index contributed by atoms with van der Waals surface area (Å²) in [7, 11) is 0. The number of amides is 2. The van der Waals surface area contributed by atoms with E-state index in [-0.39, 0.29) is 18.9 Å². The number of rotatable bonds is 6. The van der Waals surface area contributed by atoms with Gasteiger partial charge in [-0.2, -0.15) is 0 Å². The molecule has 5 nitrogen and oxygen atoms in total. The van der Waals surface area contributed by atoms with Gasteiger partial charge in [0.2, 0.25) is 5.91 Å². The molecule has 2 amide bonds. The fourth-order valence-electron chi connectivity index (χ4n) is 2.41. The first-order chi connectivity index (χ1) is 12.0. The number of ether oxygens (including phenoxy) is 1. The minimum Gasteiger partial charge on any atom is -0.450 e. The lowest BCUT2D eigenvalue weighted by Gasteiger charge is -2.19. The molecular formula is C19H21BrN2O3. The molecule has 2 rings (SSSR count). The molecule has 0 fully saturated rings. The molecule has 0 unspecified atom stereocenters. The van der Waals surface area contributed by atoms with Gasteiger partial charge in [-0.05, 0) is 43.2 Å². The second-order valence-corrected chi connectivity index (χ2v) is 6.46. The first-order valence-corrected chi connectivity index (χ1v) is 8.83. The molecule has 0 aliphatic heterocycles. The number of hydrogen-bond donors (Lipinski definition) is 2. The molecule has 0 aliphatic rings. The van der Waals surface area contributed by atoms with Crippen LogP contribution in [-0.4, -0.2) is 18.6 Å². The van der Waals surface area contributed by atoms with Gasteiger partial charge >= 0.3 is 6.09 Å². The lowest BCUT2D eigenvalue weighted by Crippen LogP contribution is -2.32. The Morgan fingerprint density at radius 3 is 2.52 bits per heavy atom. The summed E-state index contributed by atoms with van der Waals surface area (Å²) in [5.41, 5.74) is 2.55. The number of anilines is 1. The molecule has 0 spiro atoms. The summed E-state index contributed by atoms with van der Waals surface area (Å²) < 4.78 is 5.89. The van der Waals surface area contributed by atoms with E-state index in [0.717, 1.165) is 21.3 Å². The van der Waals surface area contributed by atoms with Gasteiger partial charge in [0, 0.05) is 10.2 Å². The number of nitrogens with one attached hydrogen (secondary N) is 2. The van der Waals surface area contributed by atoms with Crippen LogP contribution in [-0.2, 0) is 9.53 Å². The fourth-order valence-corrected chi connectivity index (χ4v) is 2.88. The molecule has 0 radical (unpaired) electrons. The van der Waals surface area contributed by atoms with Crippen LogP contribution in [0.3, 0.4) is 0 Å². The minimum absolute atomic E-state index is 0.109. The molecule has 1 atom stereocenters. The predicted molar refractivity (Wildman–Crippen MR) is 101 cm³/mol. The van der Waals surface area contributed by atoms with E-state index in [1.165, 1.54) is 0 Å². The van der Waals surface area contributed by atoms with Crippen molar-refractivity contribution >= 4 is 33.6 Å². The molecule has 2 N–H and O–H groups in total. The molecule has 0 bridgehead atoms. The van der Waals surface area contributed by atoms with Crippen LogP contribution in [0.25, 0.3) is 0 Å². The third-order valence-electron chi connectivity index (χ3n) is 3.62. The normalized spacial score (nSPS) is 11.5.